The van der Waals surface area contributed by atoms with Gasteiger partial charge in [-0.15, -0.1) is 0 Å². The largest absolute Gasteiger partial charge is 0.505 e. The number of rotatable bonds is 2. The van der Waals surface area contributed by atoms with Crippen molar-refractivity contribution in [3.05, 3.63) is 54.3 Å². The molecule has 0 heterocycles. The van der Waals surface area contributed by atoms with Crippen molar-refractivity contribution in [3.8, 4) is 5.75 Å². The molecule has 80 valence electrons. The zero-order valence-electron chi connectivity index (χ0n) is 8.34. The maximum atomic E-state index is 13.0. The van der Waals surface area contributed by atoms with Crippen LogP contribution in [-0.4, -0.2) is 5.11 Å². The molecule has 0 unspecified atom stereocenters. The van der Waals surface area contributed by atoms with Gasteiger partial charge >= 0.3 is 0 Å². The Bertz CT molecular complexity index is 512. The van der Waals surface area contributed by atoms with Crippen LogP contribution in [0.5, 0.6) is 5.75 Å². The number of azo groups is 1. The first-order valence-electron chi connectivity index (χ1n) is 4.71. The Kier molecular flexibility index (Phi) is 2.91. The highest BCUT2D eigenvalue weighted by atomic mass is 19.1. The molecule has 0 spiro atoms. The van der Waals surface area contributed by atoms with Crippen LogP contribution in [0.1, 0.15) is 0 Å². The van der Waals surface area contributed by atoms with Crippen LogP contribution >= 0.6 is 0 Å². The summed E-state index contributed by atoms with van der Waals surface area (Å²) in [6, 6.07) is 13.0. The first-order chi connectivity index (χ1) is 7.75. The molecule has 16 heavy (non-hydrogen) atoms. The van der Waals surface area contributed by atoms with Crippen LogP contribution in [0.3, 0.4) is 0 Å². The molecule has 0 amide bonds. The van der Waals surface area contributed by atoms with Gasteiger partial charge in [0.15, 0.2) is 11.6 Å². The highest BCUT2D eigenvalue weighted by Crippen LogP contribution is 2.23. The van der Waals surface area contributed by atoms with Crippen molar-refractivity contribution in [2.45, 2.75) is 0 Å². The smallest absolute Gasteiger partial charge is 0.167 e. The number of hydrogen-bond donors (Lipinski definition) is 1. The molecule has 0 saturated heterocycles. The third kappa shape index (κ3) is 2.42. The normalized spacial score (nSPS) is 10.8. The summed E-state index contributed by atoms with van der Waals surface area (Å²) in [7, 11) is 0. The summed E-state index contributed by atoms with van der Waals surface area (Å²) in [4.78, 5) is 0. The highest BCUT2D eigenvalue weighted by Gasteiger charge is 2.00. The number of hydrogen-bond acceptors (Lipinski definition) is 3. The minimum Gasteiger partial charge on any atom is -0.505 e. The van der Waals surface area contributed by atoms with E-state index in [0.29, 0.717) is 11.4 Å². The van der Waals surface area contributed by atoms with Gasteiger partial charge in [-0.1, -0.05) is 18.2 Å². The zero-order valence-corrected chi connectivity index (χ0v) is 8.34. The average molecular weight is 216 g/mol. The fraction of sp³-hybridized carbons (Fsp3) is 0. The van der Waals surface area contributed by atoms with E-state index in [4.69, 9.17) is 5.11 Å². The highest BCUT2D eigenvalue weighted by molar-refractivity contribution is 5.43. The molecule has 0 fully saturated rings. The SMILES string of the molecule is Oc1ccc(N=Nc2ccccc2)cc1F. The van der Waals surface area contributed by atoms with Crippen LogP contribution in [0.15, 0.2) is 58.8 Å². The predicted molar refractivity (Wildman–Crippen MR) is 58.7 cm³/mol. The molecule has 2 aromatic rings. The molecule has 2 aromatic carbocycles. The first-order valence-corrected chi connectivity index (χ1v) is 4.71. The Morgan fingerprint density at radius 3 is 2.25 bits per heavy atom. The van der Waals surface area contributed by atoms with Crippen LogP contribution in [-0.2, 0) is 0 Å². The fourth-order valence-corrected chi connectivity index (χ4v) is 1.17. The van der Waals surface area contributed by atoms with E-state index in [1.54, 1.807) is 12.1 Å². The summed E-state index contributed by atoms with van der Waals surface area (Å²) in [5.74, 6) is -1.09. The fourth-order valence-electron chi connectivity index (χ4n) is 1.17. The monoisotopic (exact) mass is 216 g/mol. The molecule has 3 nitrogen and oxygen atoms in total. The predicted octanol–water partition coefficient (Wildman–Crippen LogP) is 3.95. The van der Waals surface area contributed by atoms with Gasteiger partial charge < -0.3 is 5.11 Å². The van der Waals surface area contributed by atoms with Crippen molar-refractivity contribution in [1.29, 1.82) is 0 Å². The van der Waals surface area contributed by atoms with Gasteiger partial charge in [0.1, 0.15) is 0 Å². The van der Waals surface area contributed by atoms with E-state index < -0.39 is 11.6 Å². The van der Waals surface area contributed by atoms with Crippen molar-refractivity contribution in [1.82, 2.24) is 0 Å². The summed E-state index contributed by atoms with van der Waals surface area (Å²) in [6.07, 6.45) is 0. The van der Waals surface area contributed by atoms with E-state index >= 15 is 0 Å². The van der Waals surface area contributed by atoms with E-state index in [-0.39, 0.29) is 0 Å². The summed E-state index contributed by atoms with van der Waals surface area (Å²) in [6.45, 7) is 0. The van der Waals surface area contributed by atoms with Gasteiger partial charge in [-0.3, -0.25) is 0 Å². The molecule has 0 radical (unpaired) electrons. The topological polar surface area (TPSA) is 45.0 Å². The van der Waals surface area contributed by atoms with Crippen molar-refractivity contribution >= 4 is 11.4 Å². The van der Waals surface area contributed by atoms with E-state index in [0.717, 1.165) is 6.07 Å². The second-order valence-corrected chi connectivity index (χ2v) is 3.17. The van der Waals surface area contributed by atoms with Crippen LogP contribution in [0.4, 0.5) is 15.8 Å². The number of nitrogens with zero attached hydrogens (tertiary/aromatic N) is 2. The van der Waals surface area contributed by atoms with Gasteiger partial charge in [0.2, 0.25) is 0 Å². The van der Waals surface area contributed by atoms with E-state index in [1.165, 1.54) is 12.1 Å². The lowest BCUT2D eigenvalue weighted by Crippen LogP contribution is -1.73. The first kappa shape index (κ1) is 10.3. The summed E-state index contributed by atoms with van der Waals surface area (Å²) in [5.41, 5.74) is 1.05. The standard InChI is InChI=1S/C12H9FN2O/c13-11-8-10(6-7-12(11)16)15-14-9-4-2-1-3-5-9/h1-8,16H. The Hall–Kier alpha value is -2.23. The lowest BCUT2D eigenvalue weighted by molar-refractivity contribution is 0.432. The third-order valence-corrected chi connectivity index (χ3v) is 1.97. The minimum atomic E-state index is -0.704. The van der Waals surface area contributed by atoms with Crippen molar-refractivity contribution < 1.29 is 9.50 Å². The maximum absolute atomic E-state index is 13.0. The van der Waals surface area contributed by atoms with Crippen molar-refractivity contribution in [2.75, 3.05) is 0 Å². The Balaban J connectivity index is 2.21. The molecule has 4 heteroatoms. The number of benzene rings is 2. The molecule has 0 aliphatic carbocycles. The van der Waals surface area contributed by atoms with Gasteiger partial charge in [0, 0.05) is 6.07 Å². The minimum absolute atomic E-state index is 0.360. The molecule has 0 aromatic heterocycles. The van der Waals surface area contributed by atoms with Gasteiger partial charge in [-0.2, -0.15) is 10.2 Å². The van der Waals surface area contributed by atoms with Gasteiger partial charge in [0.25, 0.3) is 0 Å². The van der Waals surface area contributed by atoms with Gasteiger partial charge in [0.05, 0.1) is 11.4 Å². The molecule has 2 rings (SSSR count). The van der Waals surface area contributed by atoms with Crippen LogP contribution in [0, 0.1) is 5.82 Å². The average Bonchev–Trinajstić information content (AvgIpc) is 2.32. The molecular weight excluding hydrogens is 207 g/mol. The second-order valence-electron chi connectivity index (χ2n) is 3.17. The number of phenolic OH excluding ortho intramolecular Hbond substituents is 1. The molecule has 0 saturated carbocycles. The van der Waals surface area contributed by atoms with Crippen LogP contribution < -0.4 is 0 Å². The third-order valence-electron chi connectivity index (χ3n) is 1.97. The quantitative estimate of drug-likeness (QED) is 0.759. The molecule has 1 N–H and O–H groups in total. The second kappa shape index (κ2) is 4.53. The van der Waals surface area contributed by atoms with E-state index in [2.05, 4.69) is 10.2 Å². The van der Waals surface area contributed by atoms with Crippen LogP contribution in [0.2, 0.25) is 0 Å². The van der Waals surface area contributed by atoms with E-state index in [1.807, 2.05) is 18.2 Å². The molecule has 0 aliphatic heterocycles. The summed E-state index contributed by atoms with van der Waals surface area (Å²) in [5, 5.41) is 16.8. The zero-order chi connectivity index (χ0) is 11.4. The Morgan fingerprint density at radius 1 is 0.875 bits per heavy atom. The van der Waals surface area contributed by atoms with Gasteiger partial charge in [-0.05, 0) is 24.3 Å². The molecule has 0 bridgehead atoms. The van der Waals surface area contributed by atoms with Crippen molar-refractivity contribution in [3.63, 3.8) is 0 Å². The molecular formula is C12H9FN2O. The van der Waals surface area contributed by atoms with Gasteiger partial charge in [-0.25, -0.2) is 4.39 Å². The number of aromatic hydroxyl groups is 1. The Morgan fingerprint density at radius 2 is 1.56 bits per heavy atom. The number of phenols is 1. The number of halogens is 1. The van der Waals surface area contributed by atoms with Crippen LogP contribution in [0.25, 0.3) is 0 Å². The molecule has 0 aliphatic rings. The molecule has 0 atom stereocenters. The lowest BCUT2D eigenvalue weighted by atomic mass is 10.3. The summed E-state index contributed by atoms with van der Waals surface area (Å²) < 4.78 is 13.0. The maximum Gasteiger partial charge on any atom is 0.167 e. The van der Waals surface area contributed by atoms with Crippen molar-refractivity contribution in [2.24, 2.45) is 10.2 Å². The summed E-state index contributed by atoms with van der Waals surface area (Å²) >= 11 is 0. The Labute approximate surface area is 91.9 Å². The lowest BCUT2D eigenvalue weighted by Gasteiger charge is -1.95. The van der Waals surface area contributed by atoms with E-state index in [9.17, 15) is 4.39 Å².